The molecule has 0 heterocycles. The lowest BCUT2D eigenvalue weighted by molar-refractivity contribution is -0.140. The average Bonchev–Trinajstić information content (AvgIpc) is 2.98. The maximum atomic E-state index is 11.5. The van der Waals surface area contributed by atoms with Gasteiger partial charge in [0, 0.05) is 6.42 Å². The zero-order valence-electron chi connectivity index (χ0n) is 18.4. The topological polar surface area (TPSA) is 46.5 Å². The summed E-state index contributed by atoms with van der Waals surface area (Å²) in [7, 11) is 1.49. The van der Waals surface area contributed by atoms with Crippen LogP contribution >= 0.6 is 0 Å². The number of rotatable bonds is 4. The first-order valence-electron chi connectivity index (χ1n) is 11.7. The van der Waals surface area contributed by atoms with Gasteiger partial charge in [-0.1, -0.05) is 25.5 Å². The number of aliphatic hydroxyl groups is 1. The van der Waals surface area contributed by atoms with E-state index >= 15 is 0 Å². The monoisotopic (exact) mass is 388 g/mol. The Bertz CT molecular complexity index is 650. The van der Waals surface area contributed by atoms with Gasteiger partial charge in [0.15, 0.2) is 0 Å². The molecule has 3 heteroatoms. The third-order valence-electron chi connectivity index (χ3n) is 9.74. The fourth-order valence-corrected chi connectivity index (χ4v) is 7.98. The van der Waals surface area contributed by atoms with Crippen molar-refractivity contribution in [2.75, 3.05) is 7.11 Å². The number of hydrogen-bond donors (Lipinski definition) is 1. The smallest absolute Gasteiger partial charge is 0.305 e. The molecule has 0 aromatic carbocycles. The normalized spacial score (nSPS) is 47.5. The number of ether oxygens (including phenoxy) is 1. The number of esters is 1. The van der Waals surface area contributed by atoms with Crippen LogP contribution in [0.5, 0.6) is 0 Å². The summed E-state index contributed by atoms with van der Waals surface area (Å²) in [4.78, 5) is 11.5. The van der Waals surface area contributed by atoms with Gasteiger partial charge in [0.2, 0.25) is 0 Å². The highest BCUT2D eigenvalue weighted by Gasteiger charge is 2.58. The Morgan fingerprint density at radius 1 is 1.14 bits per heavy atom. The van der Waals surface area contributed by atoms with Crippen LogP contribution in [0.1, 0.15) is 91.4 Å². The SMILES string of the molecule is COC(=O)CCC[C@H]1CCC2C3CC=C4C[C@@](C)(O)CCC4(C)C3CCC21C. The summed E-state index contributed by atoms with van der Waals surface area (Å²) in [6, 6.07) is 0. The average molecular weight is 389 g/mol. The van der Waals surface area contributed by atoms with E-state index in [4.69, 9.17) is 4.74 Å². The van der Waals surface area contributed by atoms with Crippen LogP contribution in [0.2, 0.25) is 0 Å². The summed E-state index contributed by atoms with van der Waals surface area (Å²) in [5, 5.41) is 10.6. The second kappa shape index (κ2) is 7.15. The third kappa shape index (κ3) is 3.26. The van der Waals surface area contributed by atoms with Crippen molar-refractivity contribution in [3.63, 3.8) is 0 Å². The molecule has 4 aliphatic rings. The van der Waals surface area contributed by atoms with Gasteiger partial charge in [-0.05, 0) is 106 Å². The lowest BCUT2D eigenvalue weighted by atomic mass is 9.46. The molecule has 3 nitrogen and oxygen atoms in total. The molecule has 0 radical (unpaired) electrons. The zero-order valence-corrected chi connectivity index (χ0v) is 18.4. The van der Waals surface area contributed by atoms with E-state index < -0.39 is 5.60 Å². The van der Waals surface area contributed by atoms with Gasteiger partial charge in [0.25, 0.3) is 0 Å². The van der Waals surface area contributed by atoms with Crippen LogP contribution in [0.15, 0.2) is 11.6 Å². The summed E-state index contributed by atoms with van der Waals surface area (Å²) in [5.41, 5.74) is 1.83. The Balaban J connectivity index is 1.49. The second-order valence-corrected chi connectivity index (χ2v) is 11.2. The Kier molecular flexibility index (Phi) is 5.22. The molecule has 0 aromatic heterocycles. The van der Waals surface area contributed by atoms with Crippen molar-refractivity contribution in [1.29, 1.82) is 0 Å². The molecule has 0 saturated heterocycles. The van der Waals surface area contributed by atoms with E-state index in [-0.39, 0.29) is 5.97 Å². The molecule has 28 heavy (non-hydrogen) atoms. The predicted molar refractivity (Wildman–Crippen MR) is 112 cm³/mol. The molecule has 4 aliphatic carbocycles. The Hall–Kier alpha value is -0.830. The largest absolute Gasteiger partial charge is 0.469 e. The molecular weight excluding hydrogens is 348 g/mol. The van der Waals surface area contributed by atoms with Crippen molar-refractivity contribution in [1.82, 2.24) is 0 Å². The van der Waals surface area contributed by atoms with Crippen molar-refractivity contribution < 1.29 is 14.6 Å². The predicted octanol–water partition coefficient (Wildman–Crippen LogP) is 5.66. The van der Waals surface area contributed by atoms with E-state index in [0.717, 1.165) is 49.4 Å². The molecule has 4 rings (SSSR count). The highest BCUT2D eigenvalue weighted by molar-refractivity contribution is 5.68. The van der Waals surface area contributed by atoms with E-state index in [1.807, 2.05) is 6.92 Å². The lowest BCUT2D eigenvalue weighted by Gasteiger charge is -2.59. The number of hydrogen-bond acceptors (Lipinski definition) is 3. The van der Waals surface area contributed by atoms with Gasteiger partial charge >= 0.3 is 5.97 Å². The third-order valence-corrected chi connectivity index (χ3v) is 9.74. The van der Waals surface area contributed by atoms with Gasteiger partial charge < -0.3 is 9.84 Å². The standard InChI is InChI=1S/C25H40O3/c1-23(27)14-15-25(3)18(16-23)8-10-19-20-11-9-17(6-5-7-22(26)28-4)24(20,2)13-12-21(19)25/h8,17,19-21,27H,5-7,9-16H2,1-4H3/t17-,19?,20?,21?,23-,24?,25?/m0/s1. The Labute approximate surface area is 171 Å². The zero-order chi connectivity index (χ0) is 20.2. The summed E-state index contributed by atoms with van der Waals surface area (Å²) >= 11 is 0. The van der Waals surface area contributed by atoms with Crippen LogP contribution in [0.25, 0.3) is 0 Å². The number of carbonyl (C=O) groups is 1. The minimum atomic E-state index is -0.501. The van der Waals surface area contributed by atoms with E-state index in [9.17, 15) is 9.90 Å². The van der Waals surface area contributed by atoms with E-state index in [2.05, 4.69) is 19.9 Å². The maximum absolute atomic E-state index is 11.5. The van der Waals surface area contributed by atoms with Crippen molar-refractivity contribution >= 4 is 5.97 Å². The highest BCUT2D eigenvalue weighted by atomic mass is 16.5. The van der Waals surface area contributed by atoms with Crippen LogP contribution in [-0.4, -0.2) is 23.8 Å². The molecule has 3 saturated carbocycles. The first kappa shape index (κ1) is 20.4. The van der Waals surface area contributed by atoms with Crippen LogP contribution in [0.3, 0.4) is 0 Å². The molecule has 158 valence electrons. The van der Waals surface area contributed by atoms with Crippen molar-refractivity contribution in [3.8, 4) is 0 Å². The van der Waals surface area contributed by atoms with Crippen LogP contribution < -0.4 is 0 Å². The molecule has 0 bridgehead atoms. The number of fused-ring (bicyclic) bond motifs is 5. The summed E-state index contributed by atoms with van der Waals surface area (Å²) in [6.45, 7) is 7.10. The molecule has 0 amide bonds. The van der Waals surface area contributed by atoms with Crippen molar-refractivity contribution in [2.45, 2.75) is 97.0 Å². The van der Waals surface area contributed by atoms with E-state index in [0.29, 0.717) is 17.3 Å². The molecule has 1 N–H and O–H groups in total. The van der Waals surface area contributed by atoms with Crippen LogP contribution in [-0.2, 0) is 9.53 Å². The molecule has 0 aromatic rings. The van der Waals surface area contributed by atoms with Gasteiger partial charge in [-0.2, -0.15) is 0 Å². The van der Waals surface area contributed by atoms with Gasteiger partial charge in [-0.15, -0.1) is 0 Å². The van der Waals surface area contributed by atoms with Crippen molar-refractivity contribution in [3.05, 3.63) is 11.6 Å². The molecule has 3 fully saturated rings. The lowest BCUT2D eigenvalue weighted by Crippen LogP contribution is -2.51. The highest BCUT2D eigenvalue weighted by Crippen LogP contribution is 2.67. The van der Waals surface area contributed by atoms with Gasteiger partial charge in [-0.3, -0.25) is 4.79 Å². The molecule has 7 atom stereocenters. The number of methoxy groups -OCH3 is 1. The summed E-state index contributed by atoms with van der Waals surface area (Å²) < 4.78 is 4.83. The Morgan fingerprint density at radius 3 is 2.68 bits per heavy atom. The first-order valence-corrected chi connectivity index (χ1v) is 11.7. The fourth-order valence-electron chi connectivity index (χ4n) is 7.98. The minimum Gasteiger partial charge on any atom is -0.469 e. The quantitative estimate of drug-likeness (QED) is 0.499. The molecule has 0 spiro atoms. The van der Waals surface area contributed by atoms with E-state index in [1.54, 1.807) is 5.57 Å². The minimum absolute atomic E-state index is 0.0607. The van der Waals surface area contributed by atoms with Crippen LogP contribution in [0.4, 0.5) is 0 Å². The molecular formula is C25H40O3. The van der Waals surface area contributed by atoms with Crippen molar-refractivity contribution in [2.24, 2.45) is 34.5 Å². The van der Waals surface area contributed by atoms with Gasteiger partial charge in [-0.25, -0.2) is 0 Å². The number of carbonyl (C=O) groups excluding carboxylic acids is 1. The first-order chi connectivity index (χ1) is 13.2. The van der Waals surface area contributed by atoms with Crippen LogP contribution in [0, 0.1) is 34.5 Å². The maximum Gasteiger partial charge on any atom is 0.305 e. The summed E-state index contributed by atoms with van der Waals surface area (Å²) in [6.07, 6.45) is 14.9. The second-order valence-electron chi connectivity index (χ2n) is 11.2. The molecule has 0 aliphatic heterocycles. The van der Waals surface area contributed by atoms with Gasteiger partial charge in [0.05, 0.1) is 12.7 Å². The summed E-state index contributed by atoms with van der Waals surface area (Å²) in [5.74, 6) is 3.17. The Morgan fingerprint density at radius 2 is 1.93 bits per heavy atom. The van der Waals surface area contributed by atoms with E-state index in [1.165, 1.54) is 45.6 Å². The molecule has 5 unspecified atom stereocenters. The van der Waals surface area contributed by atoms with Gasteiger partial charge in [0.1, 0.15) is 0 Å². The fraction of sp³-hybridized carbons (Fsp3) is 0.880. The number of allylic oxidation sites excluding steroid dienone is 1.